The van der Waals surface area contributed by atoms with Crippen LogP contribution >= 0.6 is 11.6 Å². The van der Waals surface area contributed by atoms with E-state index in [1.165, 1.54) is 12.8 Å². The lowest BCUT2D eigenvalue weighted by Gasteiger charge is -2.11. The predicted molar refractivity (Wildman–Crippen MR) is 69.9 cm³/mol. The summed E-state index contributed by atoms with van der Waals surface area (Å²) in [5.74, 6) is 0.893. The van der Waals surface area contributed by atoms with Gasteiger partial charge in [-0.15, -0.1) is 0 Å². The molecule has 0 aliphatic carbocycles. The van der Waals surface area contributed by atoms with Gasteiger partial charge in [0.15, 0.2) is 0 Å². The van der Waals surface area contributed by atoms with E-state index in [4.69, 9.17) is 21.1 Å². The zero-order valence-electron chi connectivity index (χ0n) is 10.2. The first kappa shape index (κ1) is 12.7. The Hall–Kier alpha value is -0.730. The summed E-state index contributed by atoms with van der Waals surface area (Å²) in [5.41, 5.74) is 1.13. The van der Waals surface area contributed by atoms with Crippen LogP contribution < -0.4 is 4.74 Å². The molecule has 3 heteroatoms. The SMILES string of the molecule is Cc1ccc(Cl)cc1OCCCC1CCCO1. The Labute approximate surface area is 108 Å². The molecule has 1 aromatic carbocycles. The molecule has 1 aliphatic rings. The van der Waals surface area contributed by atoms with Gasteiger partial charge in [-0.2, -0.15) is 0 Å². The van der Waals surface area contributed by atoms with Crippen molar-refractivity contribution in [3.63, 3.8) is 0 Å². The molecule has 0 bridgehead atoms. The van der Waals surface area contributed by atoms with Gasteiger partial charge in [0.25, 0.3) is 0 Å². The van der Waals surface area contributed by atoms with Gasteiger partial charge in [0.05, 0.1) is 12.7 Å². The normalized spacial score (nSPS) is 19.5. The molecule has 1 heterocycles. The molecule has 0 radical (unpaired) electrons. The molecule has 1 saturated heterocycles. The van der Waals surface area contributed by atoms with Crippen LogP contribution in [0.5, 0.6) is 5.75 Å². The first-order valence-corrected chi connectivity index (χ1v) is 6.64. The molecule has 2 nitrogen and oxygen atoms in total. The topological polar surface area (TPSA) is 18.5 Å². The Morgan fingerprint density at radius 2 is 2.35 bits per heavy atom. The minimum absolute atomic E-state index is 0.457. The molecule has 1 aromatic rings. The van der Waals surface area contributed by atoms with Crippen molar-refractivity contribution in [3.8, 4) is 5.75 Å². The summed E-state index contributed by atoms with van der Waals surface area (Å²) >= 11 is 5.93. The molecule has 1 unspecified atom stereocenters. The fourth-order valence-corrected chi connectivity index (χ4v) is 2.26. The van der Waals surface area contributed by atoms with Gasteiger partial charge >= 0.3 is 0 Å². The summed E-state index contributed by atoms with van der Waals surface area (Å²) in [6.45, 7) is 3.70. The highest BCUT2D eigenvalue weighted by Gasteiger charge is 2.14. The molecule has 1 aliphatic heterocycles. The fraction of sp³-hybridized carbons (Fsp3) is 0.571. The lowest BCUT2D eigenvalue weighted by atomic mass is 10.1. The van der Waals surface area contributed by atoms with Gasteiger partial charge in [-0.1, -0.05) is 17.7 Å². The molecule has 0 spiro atoms. The van der Waals surface area contributed by atoms with Gasteiger partial charge in [-0.3, -0.25) is 0 Å². The maximum Gasteiger partial charge on any atom is 0.123 e. The molecule has 1 fully saturated rings. The number of ether oxygens (including phenoxy) is 2. The molecular weight excluding hydrogens is 236 g/mol. The van der Waals surface area contributed by atoms with Crippen molar-refractivity contribution in [3.05, 3.63) is 28.8 Å². The number of hydrogen-bond acceptors (Lipinski definition) is 2. The summed E-state index contributed by atoms with van der Waals surface area (Å²) < 4.78 is 11.3. The first-order valence-electron chi connectivity index (χ1n) is 6.26. The van der Waals surface area contributed by atoms with Crippen LogP contribution in [0.15, 0.2) is 18.2 Å². The van der Waals surface area contributed by atoms with Gasteiger partial charge in [0, 0.05) is 11.6 Å². The van der Waals surface area contributed by atoms with Crippen molar-refractivity contribution in [2.24, 2.45) is 0 Å². The Balaban J connectivity index is 1.72. The van der Waals surface area contributed by atoms with E-state index in [0.29, 0.717) is 6.10 Å². The number of hydrogen-bond donors (Lipinski definition) is 0. The average molecular weight is 255 g/mol. The number of aryl methyl sites for hydroxylation is 1. The highest BCUT2D eigenvalue weighted by atomic mass is 35.5. The van der Waals surface area contributed by atoms with Crippen LogP contribution in [0.2, 0.25) is 5.02 Å². The van der Waals surface area contributed by atoms with Crippen LogP contribution in [0.3, 0.4) is 0 Å². The minimum atomic E-state index is 0.457. The lowest BCUT2D eigenvalue weighted by Crippen LogP contribution is -2.07. The van der Waals surface area contributed by atoms with E-state index in [1.807, 2.05) is 25.1 Å². The third-order valence-electron chi connectivity index (χ3n) is 3.10. The van der Waals surface area contributed by atoms with Crippen molar-refractivity contribution in [1.82, 2.24) is 0 Å². The maximum atomic E-state index is 5.93. The van der Waals surface area contributed by atoms with Crippen molar-refractivity contribution >= 4 is 11.6 Å². The summed E-state index contributed by atoms with van der Waals surface area (Å²) in [5, 5.41) is 0.727. The second-order valence-corrected chi connectivity index (χ2v) is 4.97. The zero-order valence-corrected chi connectivity index (χ0v) is 11.0. The zero-order chi connectivity index (χ0) is 12.1. The van der Waals surface area contributed by atoms with E-state index in [2.05, 4.69) is 0 Å². The van der Waals surface area contributed by atoms with E-state index >= 15 is 0 Å². The van der Waals surface area contributed by atoms with Crippen molar-refractivity contribution in [2.75, 3.05) is 13.2 Å². The smallest absolute Gasteiger partial charge is 0.123 e. The average Bonchev–Trinajstić information content (AvgIpc) is 2.82. The first-order chi connectivity index (χ1) is 8.25. The second-order valence-electron chi connectivity index (χ2n) is 4.54. The van der Waals surface area contributed by atoms with Gasteiger partial charge in [0.1, 0.15) is 5.75 Å². The number of halogens is 1. The molecule has 1 atom stereocenters. The standard InChI is InChI=1S/C14H19ClO2/c1-11-6-7-12(15)10-14(11)17-9-3-5-13-4-2-8-16-13/h6-7,10,13H,2-5,8-9H2,1H3. The quantitative estimate of drug-likeness (QED) is 0.740. The summed E-state index contributed by atoms with van der Waals surface area (Å²) in [6.07, 6.45) is 5.00. The van der Waals surface area contributed by atoms with E-state index < -0.39 is 0 Å². The highest BCUT2D eigenvalue weighted by molar-refractivity contribution is 6.30. The Morgan fingerprint density at radius 3 is 3.12 bits per heavy atom. The molecule has 0 saturated carbocycles. The van der Waals surface area contributed by atoms with Gasteiger partial charge in [-0.25, -0.2) is 0 Å². The minimum Gasteiger partial charge on any atom is -0.493 e. The van der Waals surface area contributed by atoms with E-state index in [0.717, 1.165) is 42.4 Å². The maximum absolute atomic E-state index is 5.93. The van der Waals surface area contributed by atoms with Crippen LogP contribution in [0, 0.1) is 6.92 Å². The molecule has 0 aromatic heterocycles. The van der Waals surface area contributed by atoms with Gasteiger partial charge < -0.3 is 9.47 Å². The fourth-order valence-electron chi connectivity index (χ4n) is 2.09. The van der Waals surface area contributed by atoms with E-state index in [1.54, 1.807) is 0 Å². The van der Waals surface area contributed by atoms with Crippen LogP contribution in [0.25, 0.3) is 0 Å². The van der Waals surface area contributed by atoms with Crippen LogP contribution in [-0.2, 0) is 4.74 Å². The van der Waals surface area contributed by atoms with Gasteiger partial charge in [-0.05, 0) is 50.3 Å². The van der Waals surface area contributed by atoms with E-state index in [9.17, 15) is 0 Å². The molecule has 17 heavy (non-hydrogen) atoms. The Kier molecular flexibility index (Phi) is 4.69. The lowest BCUT2D eigenvalue weighted by molar-refractivity contribution is 0.0981. The van der Waals surface area contributed by atoms with Gasteiger partial charge in [0.2, 0.25) is 0 Å². The van der Waals surface area contributed by atoms with Crippen LogP contribution in [0.1, 0.15) is 31.2 Å². The number of benzene rings is 1. The molecule has 2 rings (SSSR count). The van der Waals surface area contributed by atoms with Crippen molar-refractivity contribution in [1.29, 1.82) is 0 Å². The van der Waals surface area contributed by atoms with Crippen molar-refractivity contribution < 1.29 is 9.47 Å². The van der Waals surface area contributed by atoms with E-state index in [-0.39, 0.29) is 0 Å². The Morgan fingerprint density at radius 1 is 1.47 bits per heavy atom. The highest BCUT2D eigenvalue weighted by Crippen LogP contribution is 2.23. The van der Waals surface area contributed by atoms with Crippen LogP contribution in [0.4, 0.5) is 0 Å². The van der Waals surface area contributed by atoms with Crippen LogP contribution in [-0.4, -0.2) is 19.3 Å². The molecule has 94 valence electrons. The summed E-state index contributed by atoms with van der Waals surface area (Å²) in [7, 11) is 0. The largest absolute Gasteiger partial charge is 0.493 e. The predicted octanol–water partition coefficient (Wildman–Crippen LogP) is 3.99. The number of rotatable bonds is 5. The second kappa shape index (κ2) is 6.27. The third-order valence-corrected chi connectivity index (χ3v) is 3.34. The summed E-state index contributed by atoms with van der Waals surface area (Å²) in [4.78, 5) is 0. The molecular formula is C14H19ClO2. The molecule has 0 N–H and O–H groups in total. The summed E-state index contributed by atoms with van der Waals surface area (Å²) in [6, 6.07) is 5.75. The third kappa shape index (κ3) is 3.90. The Bertz CT molecular complexity index is 359. The van der Waals surface area contributed by atoms with Crippen molar-refractivity contribution in [2.45, 2.75) is 38.7 Å². The molecule has 0 amide bonds. The monoisotopic (exact) mass is 254 g/mol.